The largest absolute Gasteiger partial charge is 0.279 e. The van der Waals surface area contributed by atoms with E-state index in [0.717, 1.165) is 16.2 Å². The number of imide groups is 1. The average Bonchev–Trinajstić information content (AvgIpc) is 2.79. The molecular weight excluding hydrogens is 359 g/mol. The number of rotatable bonds is 4. The second-order valence-electron chi connectivity index (χ2n) is 4.76. The number of thiophene rings is 1. The lowest BCUT2D eigenvalue weighted by molar-refractivity contribution is -0.140. The molecule has 116 valence electrons. The molecule has 1 unspecified atom stereocenters. The van der Waals surface area contributed by atoms with Crippen LogP contribution < -0.4 is 4.72 Å². The third kappa shape index (κ3) is 3.24. The number of hydrogen-bond donors (Lipinski definition) is 1. The van der Waals surface area contributed by atoms with Crippen LogP contribution in [0.15, 0.2) is 11.0 Å². The van der Waals surface area contributed by atoms with E-state index < -0.39 is 27.9 Å². The summed E-state index contributed by atoms with van der Waals surface area (Å²) in [5.74, 6) is -0.965. The Morgan fingerprint density at radius 2 is 2.00 bits per heavy atom. The number of nitrogens with one attached hydrogen (secondary N) is 1. The van der Waals surface area contributed by atoms with Gasteiger partial charge >= 0.3 is 0 Å². The Morgan fingerprint density at radius 3 is 2.43 bits per heavy atom. The molecule has 1 N–H and O–H groups in total. The topological polar surface area (TPSA) is 83.6 Å². The van der Waals surface area contributed by atoms with Crippen LogP contribution in [0.5, 0.6) is 0 Å². The lowest BCUT2D eigenvalue weighted by Gasteiger charge is -2.19. The molecule has 0 radical (unpaired) electrons. The van der Waals surface area contributed by atoms with Crippen molar-refractivity contribution in [2.24, 2.45) is 0 Å². The summed E-state index contributed by atoms with van der Waals surface area (Å²) in [6, 6.07) is -0.225. The van der Waals surface area contributed by atoms with Gasteiger partial charge < -0.3 is 0 Å². The fourth-order valence-corrected chi connectivity index (χ4v) is 5.38. The highest BCUT2D eigenvalue weighted by Gasteiger charge is 2.42. The van der Waals surface area contributed by atoms with E-state index in [0.29, 0.717) is 0 Å². The fraction of sp³-hybridized carbons (Fsp3) is 0.455. The van der Waals surface area contributed by atoms with Crippen LogP contribution in [0.2, 0.25) is 8.67 Å². The van der Waals surface area contributed by atoms with Crippen LogP contribution in [0.25, 0.3) is 0 Å². The average molecular weight is 371 g/mol. The maximum atomic E-state index is 12.2. The van der Waals surface area contributed by atoms with Crippen molar-refractivity contribution in [3.05, 3.63) is 14.7 Å². The minimum absolute atomic E-state index is 0.00462. The molecule has 0 spiro atoms. The van der Waals surface area contributed by atoms with Crippen molar-refractivity contribution in [1.82, 2.24) is 9.62 Å². The van der Waals surface area contributed by atoms with Gasteiger partial charge in [0.1, 0.15) is 15.3 Å². The first-order valence-electron chi connectivity index (χ1n) is 5.96. The molecule has 6 nitrogen and oxygen atoms in total. The summed E-state index contributed by atoms with van der Waals surface area (Å²) in [6.07, 6.45) is -0.203. The van der Waals surface area contributed by atoms with Crippen LogP contribution in [0, 0.1) is 0 Å². The second kappa shape index (κ2) is 5.85. The van der Waals surface area contributed by atoms with Crippen molar-refractivity contribution < 1.29 is 18.0 Å². The second-order valence-corrected chi connectivity index (χ2v) is 8.73. The minimum atomic E-state index is -4.01. The molecule has 1 aromatic rings. The van der Waals surface area contributed by atoms with E-state index in [2.05, 4.69) is 4.72 Å². The molecule has 1 atom stereocenters. The quantitative estimate of drug-likeness (QED) is 0.819. The molecule has 0 saturated carbocycles. The summed E-state index contributed by atoms with van der Waals surface area (Å²) < 4.78 is 26.9. The van der Waals surface area contributed by atoms with E-state index in [9.17, 15) is 18.0 Å². The third-order valence-electron chi connectivity index (χ3n) is 2.91. The lowest BCUT2D eigenvalue weighted by Crippen LogP contribution is -2.43. The standard InChI is InChI=1S/C11H12Cl2N2O4S2/c1-5(2)15-9(16)3-6(11(15)17)14-21(18,19)7-4-8(12)20-10(7)13/h4-6,14H,3H2,1-2H3. The third-order valence-corrected chi connectivity index (χ3v) is 6.14. The van der Waals surface area contributed by atoms with Gasteiger partial charge in [-0.3, -0.25) is 14.5 Å². The highest BCUT2D eigenvalue weighted by molar-refractivity contribution is 7.89. The minimum Gasteiger partial charge on any atom is -0.279 e. The first-order chi connectivity index (χ1) is 9.63. The first kappa shape index (κ1) is 16.7. The van der Waals surface area contributed by atoms with Crippen LogP contribution >= 0.6 is 34.5 Å². The summed E-state index contributed by atoms with van der Waals surface area (Å²) in [7, 11) is -4.01. The summed E-state index contributed by atoms with van der Waals surface area (Å²) in [5, 5.41) is 0. The first-order valence-corrected chi connectivity index (χ1v) is 9.02. The van der Waals surface area contributed by atoms with Gasteiger partial charge in [-0.05, 0) is 19.9 Å². The van der Waals surface area contributed by atoms with Gasteiger partial charge in [0.25, 0.3) is 0 Å². The zero-order valence-corrected chi connectivity index (χ0v) is 14.2. The normalized spacial score (nSPS) is 19.9. The Kier molecular flexibility index (Phi) is 4.65. The SMILES string of the molecule is CC(C)N1C(=O)CC(NS(=O)(=O)c2cc(Cl)sc2Cl)C1=O. The van der Waals surface area contributed by atoms with Crippen LogP contribution in [0.3, 0.4) is 0 Å². The molecule has 2 amide bonds. The number of carbonyl (C=O) groups excluding carboxylic acids is 2. The number of sulfonamides is 1. The Balaban J connectivity index is 2.24. The van der Waals surface area contributed by atoms with Crippen LogP contribution in [-0.4, -0.2) is 37.2 Å². The predicted molar refractivity (Wildman–Crippen MR) is 80.1 cm³/mol. The van der Waals surface area contributed by atoms with Crippen LogP contribution in [0.1, 0.15) is 20.3 Å². The molecule has 0 aliphatic carbocycles. The van der Waals surface area contributed by atoms with E-state index in [1.54, 1.807) is 13.8 Å². The molecule has 10 heteroatoms. The zero-order chi connectivity index (χ0) is 15.9. The van der Waals surface area contributed by atoms with Gasteiger partial charge in [-0.1, -0.05) is 23.2 Å². The van der Waals surface area contributed by atoms with E-state index in [1.165, 1.54) is 6.07 Å². The van der Waals surface area contributed by atoms with Gasteiger partial charge in [0.2, 0.25) is 21.8 Å². The van der Waals surface area contributed by atoms with E-state index in [4.69, 9.17) is 23.2 Å². The molecule has 1 aromatic heterocycles. The molecule has 2 heterocycles. The van der Waals surface area contributed by atoms with E-state index >= 15 is 0 Å². The highest BCUT2D eigenvalue weighted by Crippen LogP contribution is 2.34. The summed E-state index contributed by atoms with van der Waals surface area (Å²) in [6.45, 7) is 3.37. The van der Waals surface area contributed by atoms with E-state index in [-0.39, 0.29) is 26.0 Å². The van der Waals surface area contributed by atoms with Crippen LogP contribution in [0.4, 0.5) is 0 Å². The number of carbonyl (C=O) groups is 2. The van der Waals surface area contributed by atoms with Crippen molar-refractivity contribution in [3.8, 4) is 0 Å². The zero-order valence-electron chi connectivity index (χ0n) is 11.1. The lowest BCUT2D eigenvalue weighted by atomic mass is 10.3. The molecule has 2 rings (SSSR count). The van der Waals surface area contributed by atoms with Crippen LogP contribution in [-0.2, 0) is 19.6 Å². The van der Waals surface area contributed by atoms with Gasteiger partial charge in [0, 0.05) is 6.04 Å². The molecule has 0 aromatic carbocycles. The Labute approximate surface area is 136 Å². The molecule has 21 heavy (non-hydrogen) atoms. The van der Waals surface area contributed by atoms with Crippen molar-refractivity contribution in [1.29, 1.82) is 0 Å². The number of halogens is 2. The van der Waals surface area contributed by atoms with Gasteiger partial charge in [-0.15, -0.1) is 11.3 Å². The predicted octanol–water partition coefficient (Wildman–Crippen LogP) is 1.87. The van der Waals surface area contributed by atoms with E-state index in [1.807, 2.05) is 0 Å². The number of nitrogens with zero attached hydrogens (tertiary/aromatic N) is 1. The molecule has 1 aliphatic heterocycles. The number of hydrogen-bond acceptors (Lipinski definition) is 5. The highest BCUT2D eigenvalue weighted by atomic mass is 35.5. The molecule has 1 aliphatic rings. The fourth-order valence-electron chi connectivity index (χ4n) is 2.04. The molecule has 1 saturated heterocycles. The molecule has 1 fully saturated rings. The smallest absolute Gasteiger partial charge is 0.248 e. The van der Waals surface area contributed by atoms with Crippen molar-refractivity contribution >= 4 is 56.4 Å². The van der Waals surface area contributed by atoms with Gasteiger partial charge in [0.15, 0.2) is 0 Å². The van der Waals surface area contributed by atoms with Gasteiger partial charge in [-0.2, -0.15) is 4.72 Å². The molecular formula is C11H12Cl2N2O4S2. The van der Waals surface area contributed by atoms with Crippen molar-refractivity contribution in [2.45, 2.75) is 37.2 Å². The number of amides is 2. The molecule has 0 bridgehead atoms. The summed E-state index contributed by atoms with van der Waals surface area (Å²) in [5.41, 5.74) is 0. The Bertz CT molecular complexity index is 699. The van der Waals surface area contributed by atoms with Gasteiger partial charge in [-0.25, -0.2) is 8.42 Å². The Morgan fingerprint density at radius 1 is 1.38 bits per heavy atom. The monoisotopic (exact) mass is 370 g/mol. The maximum Gasteiger partial charge on any atom is 0.248 e. The number of likely N-dealkylation sites (tertiary alicyclic amines) is 1. The maximum absolute atomic E-state index is 12.2. The van der Waals surface area contributed by atoms with Gasteiger partial charge in [0.05, 0.1) is 10.8 Å². The van der Waals surface area contributed by atoms with Crippen molar-refractivity contribution in [3.63, 3.8) is 0 Å². The van der Waals surface area contributed by atoms with Crippen molar-refractivity contribution in [2.75, 3.05) is 0 Å². The summed E-state index contributed by atoms with van der Waals surface area (Å²) in [4.78, 5) is 24.7. The summed E-state index contributed by atoms with van der Waals surface area (Å²) >= 11 is 12.4. The Hall–Kier alpha value is -0.670.